The number of rotatable bonds is 2. The molecule has 1 atom stereocenters. The highest BCUT2D eigenvalue weighted by Gasteiger charge is 2.31. The molecule has 3 aromatic rings. The Morgan fingerprint density at radius 1 is 1.00 bits per heavy atom. The molecular weight excluding hydrogens is 341 g/mol. The molecule has 0 unspecified atom stereocenters. The van der Waals surface area contributed by atoms with Crippen LogP contribution < -0.4 is 5.69 Å². The van der Waals surface area contributed by atoms with E-state index in [1.54, 1.807) is 6.07 Å². The fourth-order valence-electron chi connectivity index (χ4n) is 5.05. The minimum Gasteiger partial charge on any atom is -0.306 e. The first-order valence-electron chi connectivity index (χ1n) is 9.93. The number of nitrogens with one attached hydrogen (secondary N) is 1. The number of likely N-dealkylation sites (tertiary alicyclic amines) is 1. The number of aromatic amines is 1. The van der Waals surface area contributed by atoms with Crippen LogP contribution in [0.1, 0.15) is 48.9 Å². The molecule has 5 rings (SSSR count). The van der Waals surface area contributed by atoms with Gasteiger partial charge >= 0.3 is 5.69 Å². The van der Waals surface area contributed by atoms with Gasteiger partial charge in [-0.2, -0.15) is 0 Å². The third-order valence-electron chi connectivity index (χ3n) is 6.35. The average Bonchev–Trinajstić information content (AvgIpc) is 3.04. The lowest BCUT2D eigenvalue weighted by atomic mass is 9.85. The molecule has 27 heavy (non-hydrogen) atoms. The standard InChI is InChI=1S/C22H24FN3O/c23-18-7-3-6-17-16(18)5-4-10-20(17)25-13-11-15(12-14-25)26-21-9-2-1-8-19(21)24-22(26)27/h1-3,6-9,15,20H,4-5,10-14H2,(H,24,27)/t20-/m0/s1. The van der Waals surface area contributed by atoms with Crippen molar-refractivity contribution < 1.29 is 4.39 Å². The van der Waals surface area contributed by atoms with Crippen LogP contribution in [-0.4, -0.2) is 27.5 Å². The van der Waals surface area contributed by atoms with E-state index in [1.165, 1.54) is 5.56 Å². The van der Waals surface area contributed by atoms with E-state index in [4.69, 9.17) is 0 Å². The largest absolute Gasteiger partial charge is 0.326 e. The fraction of sp³-hybridized carbons (Fsp3) is 0.409. The van der Waals surface area contributed by atoms with E-state index in [0.29, 0.717) is 6.04 Å². The van der Waals surface area contributed by atoms with E-state index in [2.05, 4.69) is 16.0 Å². The Morgan fingerprint density at radius 2 is 1.81 bits per heavy atom. The molecule has 0 bridgehead atoms. The van der Waals surface area contributed by atoms with Gasteiger partial charge in [0.05, 0.1) is 11.0 Å². The first-order chi connectivity index (χ1) is 13.2. The van der Waals surface area contributed by atoms with Crippen LogP contribution in [0.15, 0.2) is 47.3 Å². The van der Waals surface area contributed by atoms with Crippen molar-refractivity contribution in [2.75, 3.05) is 13.1 Å². The van der Waals surface area contributed by atoms with Gasteiger partial charge in [0.25, 0.3) is 0 Å². The van der Waals surface area contributed by atoms with E-state index >= 15 is 0 Å². The van der Waals surface area contributed by atoms with Crippen molar-refractivity contribution in [1.82, 2.24) is 14.5 Å². The van der Waals surface area contributed by atoms with E-state index < -0.39 is 0 Å². The molecule has 1 aliphatic carbocycles. The van der Waals surface area contributed by atoms with E-state index in [1.807, 2.05) is 34.9 Å². The van der Waals surface area contributed by atoms with Gasteiger partial charge in [-0.15, -0.1) is 0 Å². The number of para-hydroxylation sites is 2. The number of hydrogen-bond acceptors (Lipinski definition) is 2. The lowest BCUT2D eigenvalue weighted by Crippen LogP contribution is -2.40. The third-order valence-corrected chi connectivity index (χ3v) is 6.35. The Labute approximate surface area is 157 Å². The molecule has 0 saturated carbocycles. The zero-order valence-corrected chi connectivity index (χ0v) is 15.3. The van der Waals surface area contributed by atoms with Crippen LogP contribution in [0.5, 0.6) is 0 Å². The number of benzene rings is 2. The van der Waals surface area contributed by atoms with Gasteiger partial charge < -0.3 is 4.98 Å². The molecule has 4 nitrogen and oxygen atoms in total. The van der Waals surface area contributed by atoms with Crippen molar-refractivity contribution in [1.29, 1.82) is 0 Å². The van der Waals surface area contributed by atoms with Gasteiger partial charge in [-0.05, 0) is 61.4 Å². The van der Waals surface area contributed by atoms with Gasteiger partial charge in [0.15, 0.2) is 0 Å². The van der Waals surface area contributed by atoms with Gasteiger partial charge in [-0.1, -0.05) is 24.3 Å². The SMILES string of the molecule is O=c1[nH]c2ccccc2n1C1CCN([C@H]2CCCc3c(F)cccc32)CC1. The highest BCUT2D eigenvalue weighted by Crippen LogP contribution is 2.38. The van der Waals surface area contributed by atoms with Crippen LogP contribution in [0.4, 0.5) is 4.39 Å². The number of fused-ring (bicyclic) bond motifs is 2. The Morgan fingerprint density at radius 3 is 2.67 bits per heavy atom. The van der Waals surface area contributed by atoms with E-state index in [0.717, 1.165) is 61.8 Å². The maximum atomic E-state index is 14.2. The number of H-pyrrole nitrogens is 1. The molecule has 2 heterocycles. The fourth-order valence-corrected chi connectivity index (χ4v) is 5.05. The average molecular weight is 365 g/mol. The highest BCUT2D eigenvalue weighted by atomic mass is 19.1. The summed E-state index contributed by atoms with van der Waals surface area (Å²) in [5, 5.41) is 0. The minimum atomic E-state index is -0.0579. The highest BCUT2D eigenvalue weighted by molar-refractivity contribution is 5.75. The van der Waals surface area contributed by atoms with Crippen molar-refractivity contribution in [2.24, 2.45) is 0 Å². The summed E-state index contributed by atoms with van der Waals surface area (Å²) in [7, 11) is 0. The van der Waals surface area contributed by atoms with Crippen LogP contribution in [0.3, 0.4) is 0 Å². The van der Waals surface area contributed by atoms with Crippen LogP contribution in [0.2, 0.25) is 0 Å². The van der Waals surface area contributed by atoms with Crippen molar-refractivity contribution in [3.63, 3.8) is 0 Å². The summed E-state index contributed by atoms with van der Waals surface area (Å²) in [5.41, 5.74) is 3.96. The van der Waals surface area contributed by atoms with Crippen LogP contribution in [0.25, 0.3) is 11.0 Å². The molecule has 1 saturated heterocycles. The van der Waals surface area contributed by atoms with Gasteiger partial charge in [-0.3, -0.25) is 9.47 Å². The Hall–Kier alpha value is -2.40. The lowest BCUT2D eigenvalue weighted by Gasteiger charge is -2.40. The Bertz CT molecular complexity index is 1030. The third kappa shape index (κ3) is 2.81. The van der Waals surface area contributed by atoms with Crippen molar-refractivity contribution in [3.8, 4) is 0 Å². The summed E-state index contributed by atoms with van der Waals surface area (Å²) in [4.78, 5) is 17.9. The summed E-state index contributed by atoms with van der Waals surface area (Å²) in [6.07, 6.45) is 4.88. The number of nitrogens with zero attached hydrogens (tertiary/aromatic N) is 2. The molecule has 2 aliphatic rings. The van der Waals surface area contributed by atoms with Crippen LogP contribution >= 0.6 is 0 Å². The molecule has 1 aromatic heterocycles. The summed E-state index contributed by atoms with van der Waals surface area (Å²) in [6.45, 7) is 1.88. The molecule has 0 amide bonds. The predicted molar refractivity (Wildman–Crippen MR) is 104 cm³/mol. The maximum absolute atomic E-state index is 14.2. The monoisotopic (exact) mass is 365 g/mol. The summed E-state index contributed by atoms with van der Waals surface area (Å²) in [6, 6.07) is 13.9. The zero-order valence-electron chi connectivity index (χ0n) is 15.3. The van der Waals surface area contributed by atoms with Gasteiger partial charge in [0.1, 0.15) is 5.82 Å². The Kier molecular flexibility index (Phi) is 4.12. The van der Waals surface area contributed by atoms with Crippen LogP contribution in [-0.2, 0) is 6.42 Å². The summed E-state index contributed by atoms with van der Waals surface area (Å²) >= 11 is 0. The summed E-state index contributed by atoms with van der Waals surface area (Å²) < 4.78 is 16.1. The number of hydrogen-bond donors (Lipinski definition) is 1. The second-order valence-corrected chi connectivity index (χ2v) is 7.80. The summed E-state index contributed by atoms with van der Waals surface area (Å²) in [5.74, 6) is -0.0579. The van der Waals surface area contributed by atoms with Crippen LogP contribution in [0, 0.1) is 5.82 Å². The van der Waals surface area contributed by atoms with E-state index in [-0.39, 0.29) is 17.5 Å². The number of aromatic nitrogens is 2. The van der Waals surface area contributed by atoms with Crippen molar-refractivity contribution in [2.45, 2.75) is 44.2 Å². The zero-order chi connectivity index (χ0) is 18.4. The molecule has 1 N–H and O–H groups in total. The topological polar surface area (TPSA) is 41.0 Å². The Balaban J connectivity index is 1.38. The second-order valence-electron chi connectivity index (χ2n) is 7.80. The molecule has 0 radical (unpaired) electrons. The maximum Gasteiger partial charge on any atom is 0.326 e. The molecule has 140 valence electrons. The predicted octanol–water partition coefficient (Wildman–Crippen LogP) is 4.18. The quantitative estimate of drug-likeness (QED) is 0.740. The number of piperidine rings is 1. The minimum absolute atomic E-state index is 0.0141. The molecule has 2 aromatic carbocycles. The molecule has 5 heteroatoms. The first-order valence-corrected chi connectivity index (χ1v) is 9.93. The van der Waals surface area contributed by atoms with Gasteiger partial charge in [-0.25, -0.2) is 9.18 Å². The van der Waals surface area contributed by atoms with Gasteiger partial charge in [0, 0.05) is 25.2 Å². The van der Waals surface area contributed by atoms with Crippen molar-refractivity contribution >= 4 is 11.0 Å². The van der Waals surface area contributed by atoms with E-state index in [9.17, 15) is 9.18 Å². The second kappa shape index (κ2) is 6.64. The molecular formula is C22H24FN3O. The molecule has 1 fully saturated rings. The molecule has 0 spiro atoms. The number of halogens is 1. The first kappa shape index (κ1) is 16.8. The normalized spacial score (nSPS) is 21.4. The number of imidazole rings is 1. The molecule has 1 aliphatic heterocycles. The smallest absolute Gasteiger partial charge is 0.306 e. The van der Waals surface area contributed by atoms with Crippen molar-refractivity contribution in [3.05, 3.63) is 69.9 Å². The van der Waals surface area contributed by atoms with Gasteiger partial charge in [0.2, 0.25) is 0 Å². The lowest BCUT2D eigenvalue weighted by molar-refractivity contribution is 0.122.